The smallest absolute Gasteiger partial charge is 0.222 e. The SMILES string of the molecule is CC(N)CC(=O)NC(C)c1ccc(Oc2ccccc2)c(F)c1. The number of halogens is 1. The van der Waals surface area contributed by atoms with Crippen LogP contribution in [0.3, 0.4) is 0 Å². The van der Waals surface area contributed by atoms with Crippen LogP contribution in [-0.2, 0) is 4.79 Å². The summed E-state index contributed by atoms with van der Waals surface area (Å²) in [7, 11) is 0. The number of carbonyl (C=O) groups excluding carboxylic acids is 1. The van der Waals surface area contributed by atoms with Crippen LogP contribution in [0.4, 0.5) is 4.39 Å². The van der Waals surface area contributed by atoms with E-state index in [1.807, 2.05) is 18.2 Å². The molecule has 0 aliphatic heterocycles. The van der Waals surface area contributed by atoms with Crippen molar-refractivity contribution < 1.29 is 13.9 Å². The predicted molar refractivity (Wildman–Crippen MR) is 87.7 cm³/mol. The van der Waals surface area contributed by atoms with E-state index in [0.717, 1.165) is 0 Å². The molecular formula is C18H21FN2O2. The summed E-state index contributed by atoms with van der Waals surface area (Å²) in [5, 5.41) is 2.80. The second-order valence-corrected chi connectivity index (χ2v) is 5.58. The fraction of sp³-hybridized carbons (Fsp3) is 0.278. The molecule has 0 saturated heterocycles. The highest BCUT2D eigenvalue weighted by Gasteiger charge is 2.13. The molecule has 0 saturated carbocycles. The van der Waals surface area contributed by atoms with Gasteiger partial charge in [-0.2, -0.15) is 0 Å². The Morgan fingerprint density at radius 3 is 2.52 bits per heavy atom. The molecule has 0 spiro atoms. The molecule has 2 unspecified atom stereocenters. The molecule has 122 valence electrons. The molecule has 0 radical (unpaired) electrons. The van der Waals surface area contributed by atoms with Gasteiger partial charge in [0.25, 0.3) is 0 Å². The quantitative estimate of drug-likeness (QED) is 0.857. The Balaban J connectivity index is 2.05. The van der Waals surface area contributed by atoms with Gasteiger partial charge in [-0.25, -0.2) is 4.39 Å². The summed E-state index contributed by atoms with van der Waals surface area (Å²) in [6.07, 6.45) is 0.238. The van der Waals surface area contributed by atoms with E-state index in [-0.39, 0.29) is 30.2 Å². The zero-order valence-corrected chi connectivity index (χ0v) is 13.3. The number of carbonyl (C=O) groups is 1. The molecule has 0 heterocycles. The van der Waals surface area contributed by atoms with Crippen molar-refractivity contribution in [1.82, 2.24) is 5.32 Å². The number of nitrogens with one attached hydrogen (secondary N) is 1. The van der Waals surface area contributed by atoms with Crippen LogP contribution < -0.4 is 15.8 Å². The van der Waals surface area contributed by atoms with Crippen LogP contribution in [0.5, 0.6) is 11.5 Å². The third-order valence-corrected chi connectivity index (χ3v) is 3.31. The van der Waals surface area contributed by atoms with Gasteiger partial charge in [0.15, 0.2) is 11.6 Å². The number of para-hydroxylation sites is 1. The Labute approximate surface area is 135 Å². The van der Waals surface area contributed by atoms with Crippen molar-refractivity contribution in [1.29, 1.82) is 0 Å². The zero-order valence-electron chi connectivity index (χ0n) is 13.3. The molecule has 0 aromatic heterocycles. The molecule has 2 aromatic carbocycles. The van der Waals surface area contributed by atoms with Crippen LogP contribution in [0.25, 0.3) is 0 Å². The summed E-state index contributed by atoms with van der Waals surface area (Å²) >= 11 is 0. The standard InChI is InChI=1S/C18H21FN2O2/c1-12(20)10-18(22)21-13(2)14-8-9-17(16(19)11-14)23-15-6-4-3-5-7-15/h3-9,11-13H,10,20H2,1-2H3,(H,21,22). The minimum Gasteiger partial charge on any atom is -0.454 e. The van der Waals surface area contributed by atoms with Crippen LogP contribution in [0.2, 0.25) is 0 Å². The summed E-state index contributed by atoms with van der Waals surface area (Å²) in [4.78, 5) is 11.7. The van der Waals surface area contributed by atoms with Gasteiger partial charge in [0, 0.05) is 12.5 Å². The number of benzene rings is 2. The van der Waals surface area contributed by atoms with E-state index in [1.165, 1.54) is 6.07 Å². The van der Waals surface area contributed by atoms with E-state index in [9.17, 15) is 9.18 Å². The lowest BCUT2D eigenvalue weighted by Gasteiger charge is -2.16. The summed E-state index contributed by atoms with van der Waals surface area (Å²) in [6.45, 7) is 3.56. The summed E-state index contributed by atoms with van der Waals surface area (Å²) in [5.74, 6) is 0.0867. The Morgan fingerprint density at radius 1 is 1.22 bits per heavy atom. The summed E-state index contributed by atoms with van der Waals surface area (Å²) in [5.41, 5.74) is 6.26. The van der Waals surface area contributed by atoms with Crippen molar-refractivity contribution >= 4 is 5.91 Å². The third-order valence-electron chi connectivity index (χ3n) is 3.31. The van der Waals surface area contributed by atoms with Gasteiger partial charge in [-0.05, 0) is 43.7 Å². The molecule has 1 amide bonds. The maximum absolute atomic E-state index is 14.2. The van der Waals surface area contributed by atoms with Crippen molar-refractivity contribution in [2.24, 2.45) is 5.73 Å². The zero-order chi connectivity index (χ0) is 16.8. The fourth-order valence-corrected chi connectivity index (χ4v) is 2.16. The average molecular weight is 316 g/mol. The van der Waals surface area contributed by atoms with E-state index in [0.29, 0.717) is 11.3 Å². The second-order valence-electron chi connectivity index (χ2n) is 5.58. The van der Waals surface area contributed by atoms with Crippen molar-refractivity contribution in [2.45, 2.75) is 32.4 Å². The molecule has 0 fully saturated rings. The van der Waals surface area contributed by atoms with E-state index in [4.69, 9.17) is 10.5 Å². The Hall–Kier alpha value is -2.40. The monoisotopic (exact) mass is 316 g/mol. The number of rotatable bonds is 6. The number of nitrogens with two attached hydrogens (primary N) is 1. The normalized spacial score (nSPS) is 13.2. The lowest BCUT2D eigenvalue weighted by Crippen LogP contribution is -2.31. The van der Waals surface area contributed by atoms with Gasteiger partial charge in [-0.1, -0.05) is 24.3 Å². The van der Waals surface area contributed by atoms with Crippen molar-refractivity contribution in [2.75, 3.05) is 0 Å². The van der Waals surface area contributed by atoms with Crippen LogP contribution >= 0.6 is 0 Å². The number of amides is 1. The highest BCUT2D eigenvalue weighted by Crippen LogP contribution is 2.26. The highest BCUT2D eigenvalue weighted by atomic mass is 19.1. The molecule has 5 heteroatoms. The van der Waals surface area contributed by atoms with E-state index >= 15 is 0 Å². The van der Waals surface area contributed by atoms with E-state index in [1.54, 1.807) is 38.1 Å². The van der Waals surface area contributed by atoms with Crippen LogP contribution in [0.1, 0.15) is 31.9 Å². The number of hydrogen-bond donors (Lipinski definition) is 2. The fourth-order valence-electron chi connectivity index (χ4n) is 2.16. The maximum atomic E-state index is 14.2. The second kappa shape index (κ2) is 7.74. The van der Waals surface area contributed by atoms with Gasteiger partial charge < -0.3 is 15.8 Å². The molecule has 3 N–H and O–H groups in total. The molecule has 23 heavy (non-hydrogen) atoms. The lowest BCUT2D eigenvalue weighted by molar-refractivity contribution is -0.122. The first kappa shape index (κ1) is 17.0. The minimum atomic E-state index is -0.473. The van der Waals surface area contributed by atoms with Crippen LogP contribution in [0.15, 0.2) is 48.5 Å². The highest BCUT2D eigenvalue weighted by molar-refractivity contribution is 5.77. The third kappa shape index (κ3) is 5.07. The molecule has 0 aliphatic carbocycles. The molecule has 0 aliphatic rings. The van der Waals surface area contributed by atoms with Gasteiger partial charge in [-0.3, -0.25) is 4.79 Å². The Morgan fingerprint density at radius 2 is 1.91 bits per heavy atom. The van der Waals surface area contributed by atoms with Gasteiger partial charge >= 0.3 is 0 Å². The van der Waals surface area contributed by atoms with Crippen LogP contribution in [0, 0.1) is 5.82 Å². The molecule has 2 atom stereocenters. The largest absolute Gasteiger partial charge is 0.454 e. The Kier molecular flexibility index (Phi) is 5.71. The average Bonchev–Trinajstić information content (AvgIpc) is 2.49. The number of hydrogen-bond acceptors (Lipinski definition) is 3. The van der Waals surface area contributed by atoms with Crippen molar-refractivity contribution in [3.63, 3.8) is 0 Å². The molecule has 4 nitrogen and oxygen atoms in total. The lowest BCUT2D eigenvalue weighted by atomic mass is 10.1. The van der Waals surface area contributed by atoms with Crippen molar-refractivity contribution in [3.8, 4) is 11.5 Å². The summed E-state index contributed by atoms with van der Waals surface area (Å²) in [6, 6.07) is 13.2. The van der Waals surface area contributed by atoms with E-state index < -0.39 is 5.82 Å². The van der Waals surface area contributed by atoms with Crippen molar-refractivity contribution in [3.05, 3.63) is 59.9 Å². The topological polar surface area (TPSA) is 64.4 Å². The molecule has 2 rings (SSSR count). The number of ether oxygens (including phenoxy) is 1. The maximum Gasteiger partial charge on any atom is 0.222 e. The Bertz CT molecular complexity index is 659. The molecule has 0 bridgehead atoms. The summed E-state index contributed by atoms with van der Waals surface area (Å²) < 4.78 is 19.7. The van der Waals surface area contributed by atoms with Gasteiger partial charge in [0.1, 0.15) is 5.75 Å². The first-order chi connectivity index (χ1) is 11.0. The predicted octanol–water partition coefficient (Wildman–Crippen LogP) is 3.53. The van der Waals surface area contributed by atoms with E-state index in [2.05, 4.69) is 5.32 Å². The van der Waals surface area contributed by atoms with Gasteiger partial charge in [0.2, 0.25) is 5.91 Å². The first-order valence-corrected chi connectivity index (χ1v) is 7.53. The molecular weight excluding hydrogens is 295 g/mol. The minimum absolute atomic E-state index is 0.147. The van der Waals surface area contributed by atoms with Crippen LogP contribution in [-0.4, -0.2) is 11.9 Å². The van der Waals surface area contributed by atoms with Gasteiger partial charge in [-0.15, -0.1) is 0 Å². The first-order valence-electron chi connectivity index (χ1n) is 7.53. The van der Waals surface area contributed by atoms with Gasteiger partial charge in [0.05, 0.1) is 6.04 Å². The molecule has 2 aromatic rings.